The Labute approximate surface area is 143 Å². The van der Waals surface area contributed by atoms with Crippen LogP contribution in [-0.2, 0) is 15.0 Å². The van der Waals surface area contributed by atoms with Crippen molar-refractivity contribution < 1.29 is 19.4 Å². The van der Waals surface area contributed by atoms with E-state index >= 15 is 0 Å². The smallest absolute Gasteiger partial charge is 0.305 e. The maximum Gasteiger partial charge on any atom is 0.305 e. The van der Waals surface area contributed by atoms with Gasteiger partial charge in [0.05, 0.1) is 24.7 Å². The molecule has 126 valence electrons. The van der Waals surface area contributed by atoms with Gasteiger partial charge < -0.3 is 15.2 Å². The van der Waals surface area contributed by atoms with Crippen LogP contribution in [-0.4, -0.2) is 28.6 Å². The van der Waals surface area contributed by atoms with Gasteiger partial charge >= 0.3 is 5.97 Å². The molecular weight excluding hydrogens is 322 g/mol. The zero-order valence-corrected chi connectivity index (χ0v) is 13.4. The Morgan fingerprint density at radius 1 is 1.40 bits per heavy atom. The Morgan fingerprint density at radius 2 is 2.20 bits per heavy atom. The number of amides is 1. The second-order valence-corrected chi connectivity index (χ2v) is 5.59. The predicted molar refractivity (Wildman–Crippen MR) is 88.2 cm³/mol. The van der Waals surface area contributed by atoms with Gasteiger partial charge in [-0.2, -0.15) is 5.26 Å². The third kappa shape index (κ3) is 2.58. The average Bonchev–Trinajstić information content (AvgIpc) is 2.87. The molecule has 1 aliphatic rings. The van der Waals surface area contributed by atoms with Crippen molar-refractivity contribution in [3.05, 3.63) is 53.2 Å². The van der Waals surface area contributed by atoms with E-state index in [0.717, 1.165) is 0 Å². The minimum atomic E-state index is -1.51. The van der Waals surface area contributed by atoms with Gasteiger partial charge in [0.2, 0.25) is 11.8 Å². The number of ether oxygens (including phenoxy) is 1. The molecule has 2 N–H and O–H groups in total. The van der Waals surface area contributed by atoms with Crippen LogP contribution >= 0.6 is 0 Å². The van der Waals surface area contributed by atoms with Crippen LogP contribution in [0.5, 0.6) is 5.88 Å². The summed E-state index contributed by atoms with van der Waals surface area (Å²) in [6, 6.07) is 10.00. The van der Waals surface area contributed by atoms with Crippen LogP contribution in [0.1, 0.15) is 30.0 Å². The maximum atomic E-state index is 12.9. The van der Waals surface area contributed by atoms with Gasteiger partial charge in [-0.05, 0) is 36.8 Å². The lowest BCUT2D eigenvalue weighted by atomic mass is 9.72. The van der Waals surface area contributed by atoms with Gasteiger partial charge in [-0.15, -0.1) is 0 Å². The van der Waals surface area contributed by atoms with Crippen molar-refractivity contribution in [3.63, 3.8) is 0 Å². The summed E-state index contributed by atoms with van der Waals surface area (Å²) in [6.45, 7) is 2.10. The first kappa shape index (κ1) is 16.5. The van der Waals surface area contributed by atoms with Crippen LogP contribution in [0.2, 0.25) is 0 Å². The molecule has 7 heteroatoms. The molecule has 0 bridgehead atoms. The van der Waals surface area contributed by atoms with E-state index in [1.165, 1.54) is 6.20 Å². The minimum absolute atomic E-state index is 0.205. The van der Waals surface area contributed by atoms with Gasteiger partial charge in [0, 0.05) is 17.4 Å². The summed E-state index contributed by atoms with van der Waals surface area (Å²) < 4.78 is 5.53. The fourth-order valence-electron chi connectivity index (χ4n) is 3.16. The van der Waals surface area contributed by atoms with E-state index in [9.17, 15) is 20.0 Å². The van der Waals surface area contributed by atoms with Crippen LogP contribution in [0.25, 0.3) is 0 Å². The van der Waals surface area contributed by atoms with Crippen molar-refractivity contribution in [2.75, 3.05) is 11.9 Å². The summed E-state index contributed by atoms with van der Waals surface area (Å²) in [5.74, 6) is -1.41. The molecule has 25 heavy (non-hydrogen) atoms. The van der Waals surface area contributed by atoms with Crippen molar-refractivity contribution in [1.29, 1.82) is 5.26 Å². The average molecular weight is 337 g/mol. The first-order valence-corrected chi connectivity index (χ1v) is 7.69. The Kier molecular flexibility index (Phi) is 4.11. The van der Waals surface area contributed by atoms with Crippen molar-refractivity contribution in [2.45, 2.75) is 18.8 Å². The molecule has 1 aliphatic heterocycles. The van der Waals surface area contributed by atoms with E-state index < -0.39 is 23.7 Å². The molecule has 0 saturated carbocycles. The highest BCUT2D eigenvalue weighted by Crippen LogP contribution is 2.48. The molecule has 7 nitrogen and oxygen atoms in total. The van der Waals surface area contributed by atoms with E-state index in [-0.39, 0.29) is 5.88 Å². The van der Waals surface area contributed by atoms with Crippen molar-refractivity contribution in [3.8, 4) is 11.9 Å². The lowest BCUT2D eigenvalue weighted by Gasteiger charge is -2.27. The zero-order valence-electron chi connectivity index (χ0n) is 13.4. The number of aliphatic carboxylic acids is 1. The largest absolute Gasteiger partial charge is 0.481 e. The highest BCUT2D eigenvalue weighted by atomic mass is 16.5. The molecule has 1 amide bonds. The molecule has 0 aliphatic carbocycles. The van der Waals surface area contributed by atoms with Crippen LogP contribution in [0, 0.1) is 11.3 Å². The number of benzene rings is 1. The third-order valence-electron chi connectivity index (χ3n) is 4.17. The number of carbonyl (C=O) groups excluding carboxylic acids is 1. The van der Waals surface area contributed by atoms with Crippen LogP contribution in [0.3, 0.4) is 0 Å². The lowest BCUT2D eigenvalue weighted by molar-refractivity contribution is -0.140. The molecule has 2 aromatic rings. The number of carboxylic acid groups (broad SMARTS) is 1. The maximum absolute atomic E-state index is 12.9. The molecule has 1 aromatic heterocycles. The standard InChI is InChI=1S/C18H15N3O4/c1-2-25-16-12(4-3-7-20-16)18(9-15(22)23)13-8-11(10-19)5-6-14(13)21-17(18)24/h3-8H,2,9H2,1H3,(H,21,24)(H,22,23). The molecule has 0 fully saturated rings. The monoisotopic (exact) mass is 337 g/mol. The number of carboxylic acids is 1. The van der Waals surface area contributed by atoms with Crippen LogP contribution < -0.4 is 10.1 Å². The molecule has 0 spiro atoms. The van der Waals surface area contributed by atoms with Crippen molar-refractivity contribution in [2.24, 2.45) is 0 Å². The topological polar surface area (TPSA) is 112 Å². The molecule has 1 aromatic carbocycles. The van der Waals surface area contributed by atoms with Gasteiger partial charge in [-0.3, -0.25) is 9.59 Å². The van der Waals surface area contributed by atoms with Gasteiger partial charge in [0.15, 0.2) is 0 Å². The van der Waals surface area contributed by atoms with Gasteiger partial charge in [-0.1, -0.05) is 6.07 Å². The summed E-state index contributed by atoms with van der Waals surface area (Å²) in [4.78, 5) is 28.7. The summed E-state index contributed by atoms with van der Waals surface area (Å²) >= 11 is 0. The number of rotatable bonds is 5. The second-order valence-electron chi connectivity index (χ2n) is 5.59. The van der Waals surface area contributed by atoms with E-state index in [1.807, 2.05) is 6.07 Å². The number of anilines is 1. The molecule has 0 radical (unpaired) electrons. The third-order valence-corrected chi connectivity index (χ3v) is 4.17. The zero-order chi connectivity index (χ0) is 18.0. The number of aromatic nitrogens is 1. The number of hydrogen-bond acceptors (Lipinski definition) is 5. The number of hydrogen-bond donors (Lipinski definition) is 2. The number of nitriles is 1. The van der Waals surface area contributed by atoms with Crippen molar-refractivity contribution in [1.82, 2.24) is 4.98 Å². The molecule has 2 heterocycles. The Bertz CT molecular complexity index is 903. The fraction of sp³-hybridized carbons (Fsp3) is 0.222. The van der Waals surface area contributed by atoms with Gasteiger partial charge in [0.25, 0.3) is 0 Å². The summed E-state index contributed by atoms with van der Waals surface area (Å²) in [5, 5.41) is 21.4. The minimum Gasteiger partial charge on any atom is -0.481 e. The van der Waals surface area contributed by atoms with Crippen LogP contribution in [0.4, 0.5) is 5.69 Å². The molecular formula is C18H15N3O4. The number of carbonyl (C=O) groups is 2. The molecule has 1 unspecified atom stereocenters. The highest BCUT2D eigenvalue weighted by Gasteiger charge is 2.51. The molecule has 1 atom stereocenters. The number of nitrogens with one attached hydrogen (secondary N) is 1. The highest BCUT2D eigenvalue weighted by molar-refractivity contribution is 6.10. The molecule has 3 rings (SSSR count). The SMILES string of the molecule is CCOc1ncccc1C1(CC(=O)O)C(=O)Nc2ccc(C#N)cc21. The van der Waals surface area contributed by atoms with Crippen molar-refractivity contribution >= 4 is 17.6 Å². The lowest BCUT2D eigenvalue weighted by Crippen LogP contribution is -2.38. The predicted octanol–water partition coefficient (Wildman–Crippen LogP) is 2.06. The second kappa shape index (κ2) is 6.24. The normalized spacial score (nSPS) is 18.2. The van der Waals surface area contributed by atoms with E-state index in [4.69, 9.17) is 4.74 Å². The first-order valence-electron chi connectivity index (χ1n) is 7.69. The van der Waals surface area contributed by atoms with Gasteiger partial charge in [-0.25, -0.2) is 4.98 Å². The Hall–Kier alpha value is -3.40. The Balaban J connectivity index is 2.32. The van der Waals surface area contributed by atoms with Gasteiger partial charge in [0.1, 0.15) is 5.41 Å². The van der Waals surface area contributed by atoms with E-state index in [1.54, 1.807) is 37.3 Å². The van der Waals surface area contributed by atoms with Crippen LogP contribution in [0.15, 0.2) is 36.5 Å². The fourth-order valence-corrected chi connectivity index (χ4v) is 3.16. The number of pyridine rings is 1. The number of nitrogens with zero attached hydrogens (tertiary/aromatic N) is 2. The number of fused-ring (bicyclic) bond motifs is 1. The summed E-state index contributed by atoms with van der Waals surface area (Å²) in [7, 11) is 0. The molecule has 0 saturated heterocycles. The summed E-state index contributed by atoms with van der Waals surface area (Å²) in [5.41, 5.74) is 0.120. The Morgan fingerprint density at radius 3 is 2.88 bits per heavy atom. The van der Waals surface area contributed by atoms with E-state index in [2.05, 4.69) is 10.3 Å². The quantitative estimate of drug-likeness (QED) is 0.863. The summed E-state index contributed by atoms with van der Waals surface area (Å²) in [6.07, 6.45) is 1.04. The first-order chi connectivity index (χ1) is 12.0. The van der Waals surface area contributed by atoms with E-state index in [0.29, 0.717) is 29.0 Å².